The van der Waals surface area contributed by atoms with E-state index in [-0.39, 0.29) is 23.2 Å². The molecule has 0 spiro atoms. The summed E-state index contributed by atoms with van der Waals surface area (Å²) in [5.41, 5.74) is 1.64. The lowest BCUT2D eigenvalue weighted by Gasteiger charge is -2.02. The molecule has 8 heteroatoms. The first-order chi connectivity index (χ1) is 13.4. The summed E-state index contributed by atoms with van der Waals surface area (Å²) in [6.07, 6.45) is 1.49. The van der Waals surface area contributed by atoms with Gasteiger partial charge in [0.2, 0.25) is 11.8 Å². The van der Waals surface area contributed by atoms with Gasteiger partial charge >= 0.3 is 5.97 Å². The van der Waals surface area contributed by atoms with Crippen molar-refractivity contribution in [3.05, 3.63) is 81.7 Å². The summed E-state index contributed by atoms with van der Waals surface area (Å²) in [7, 11) is 0. The van der Waals surface area contributed by atoms with Crippen molar-refractivity contribution in [1.82, 2.24) is 4.57 Å². The number of aliphatic imine (C=N–C) groups is 1. The second kappa shape index (κ2) is 6.58. The lowest BCUT2D eigenvalue weighted by molar-refractivity contribution is -0.384. The minimum atomic E-state index is -0.659. The molecule has 2 aromatic carbocycles. The number of nitro benzene ring substituents is 1. The van der Waals surface area contributed by atoms with E-state index in [2.05, 4.69) is 4.99 Å². The third kappa shape index (κ3) is 2.96. The van der Waals surface area contributed by atoms with Gasteiger partial charge in [0, 0.05) is 30.0 Å². The van der Waals surface area contributed by atoms with Gasteiger partial charge in [0.15, 0.2) is 5.70 Å². The molecule has 0 unspecified atom stereocenters. The topological polar surface area (TPSA) is 104 Å². The summed E-state index contributed by atoms with van der Waals surface area (Å²) in [4.78, 5) is 38.8. The van der Waals surface area contributed by atoms with Gasteiger partial charge < -0.3 is 4.74 Å². The number of aromatic nitrogens is 1. The van der Waals surface area contributed by atoms with Crippen LogP contribution in [0.25, 0.3) is 17.0 Å². The van der Waals surface area contributed by atoms with Gasteiger partial charge in [0.05, 0.1) is 16.1 Å². The molecule has 0 aliphatic carbocycles. The van der Waals surface area contributed by atoms with E-state index in [0.29, 0.717) is 11.3 Å². The van der Waals surface area contributed by atoms with Crippen molar-refractivity contribution in [3.63, 3.8) is 0 Å². The van der Waals surface area contributed by atoms with Crippen LogP contribution >= 0.6 is 0 Å². The Morgan fingerprint density at radius 3 is 2.57 bits per heavy atom. The largest absolute Gasteiger partial charge is 0.402 e. The minimum Gasteiger partial charge on any atom is -0.402 e. The van der Waals surface area contributed by atoms with E-state index in [4.69, 9.17) is 4.74 Å². The van der Waals surface area contributed by atoms with Crippen LogP contribution in [0.1, 0.15) is 23.0 Å². The summed E-state index contributed by atoms with van der Waals surface area (Å²) in [5.74, 6) is -0.802. The number of rotatable bonds is 3. The summed E-state index contributed by atoms with van der Waals surface area (Å²) < 4.78 is 6.68. The number of fused-ring (bicyclic) bond motifs is 1. The van der Waals surface area contributed by atoms with Crippen LogP contribution in [-0.2, 0) is 9.53 Å². The molecule has 0 bridgehead atoms. The Labute approximate surface area is 158 Å². The smallest absolute Gasteiger partial charge is 0.363 e. The van der Waals surface area contributed by atoms with Crippen LogP contribution in [-0.4, -0.2) is 27.3 Å². The van der Waals surface area contributed by atoms with E-state index in [9.17, 15) is 19.7 Å². The highest BCUT2D eigenvalue weighted by Gasteiger charge is 2.25. The molecule has 1 aromatic heterocycles. The van der Waals surface area contributed by atoms with Crippen molar-refractivity contribution < 1.29 is 19.2 Å². The normalized spacial score (nSPS) is 15.0. The molecule has 4 rings (SSSR count). The first kappa shape index (κ1) is 17.3. The maximum absolute atomic E-state index is 12.2. The highest BCUT2D eigenvalue weighted by atomic mass is 16.6. The molecule has 0 saturated heterocycles. The number of para-hydroxylation sites is 1. The number of esters is 1. The van der Waals surface area contributed by atoms with E-state index in [0.717, 1.165) is 10.9 Å². The molecule has 8 nitrogen and oxygen atoms in total. The average Bonchev–Trinajstić information content (AvgIpc) is 3.22. The van der Waals surface area contributed by atoms with Crippen molar-refractivity contribution in [2.45, 2.75) is 6.92 Å². The van der Waals surface area contributed by atoms with Crippen LogP contribution in [0.4, 0.5) is 5.69 Å². The molecule has 3 aromatic rings. The summed E-state index contributed by atoms with van der Waals surface area (Å²) in [6, 6.07) is 14.7. The second-order valence-corrected chi connectivity index (χ2v) is 6.12. The standard InChI is InChI=1S/C20H13N3O5/c1-12(24)22-16(10-14-4-2-3-5-18(14)22)11-17-20(25)28-19(21-17)13-6-8-15(9-7-13)23(26)27/h2-11H,1H3/b17-11-. The SMILES string of the molecule is CC(=O)n1c(/C=C2\N=C(c3ccc([N+](=O)[O-])cc3)OC2=O)cc2ccccc21. The Morgan fingerprint density at radius 2 is 1.89 bits per heavy atom. The van der Waals surface area contributed by atoms with Gasteiger partial charge in [0.1, 0.15) is 0 Å². The number of carbonyl (C=O) groups is 2. The van der Waals surface area contributed by atoms with E-state index >= 15 is 0 Å². The Bertz CT molecular complexity index is 1200. The van der Waals surface area contributed by atoms with Gasteiger partial charge in [0.25, 0.3) is 5.69 Å². The van der Waals surface area contributed by atoms with Crippen molar-refractivity contribution in [2.24, 2.45) is 4.99 Å². The highest BCUT2D eigenvalue weighted by molar-refractivity contribution is 6.13. The number of cyclic esters (lactones) is 1. The van der Waals surface area contributed by atoms with Crippen LogP contribution < -0.4 is 0 Å². The number of nitro groups is 1. The van der Waals surface area contributed by atoms with Crippen LogP contribution in [0.3, 0.4) is 0 Å². The van der Waals surface area contributed by atoms with Crippen molar-refractivity contribution in [2.75, 3.05) is 0 Å². The fourth-order valence-corrected chi connectivity index (χ4v) is 3.03. The number of hydrogen-bond acceptors (Lipinski definition) is 6. The molecule has 1 aliphatic heterocycles. The molecule has 0 atom stereocenters. The van der Waals surface area contributed by atoms with Crippen molar-refractivity contribution in [3.8, 4) is 0 Å². The third-order valence-corrected chi connectivity index (χ3v) is 4.28. The lowest BCUT2D eigenvalue weighted by atomic mass is 10.2. The van der Waals surface area contributed by atoms with Gasteiger partial charge in [-0.05, 0) is 30.3 Å². The zero-order valence-electron chi connectivity index (χ0n) is 14.7. The van der Waals surface area contributed by atoms with Gasteiger partial charge in [-0.15, -0.1) is 0 Å². The van der Waals surface area contributed by atoms with E-state index in [1.807, 2.05) is 24.3 Å². The monoisotopic (exact) mass is 375 g/mol. The number of non-ortho nitro benzene ring substituents is 1. The van der Waals surface area contributed by atoms with Gasteiger partial charge in [-0.3, -0.25) is 19.5 Å². The molecule has 1 aliphatic rings. The Kier molecular flexibility index (Phi) is 4.08. The van der Waals surface area contributed by atoms with Gasteiger partial charge in [-0.25, -0.2) is 9.79 Å². The molecule has 138 valence electrons. The fourth-order valence-electron chi connectivity index (χ4n) is 3.03. The van der Waals surface area contributed by atoms with Crippen LogP contribution in [0.15, 0.2) is 65.3 Å². The van der Waals surface area contributed by atoms with Gasteiger partial charge in [-0.2, -0.15) is 0 Å². The number of hydrogen-bond donors (Lipinski definition) is 0. The van der Waals surface area contributed by atoms with E-state index in [1.54, 1.807) is 6.07 Å². The number of benzene rings is 2. The third-order valence-electron chi connectivity index (χ3n) is 4.28. The zero-order chi connectivity index (χ0) is 19.8. The second-order valence-electron chi connectivity index (χ2n) is 6.12. The maximum atomic E-state index is 12.2. The minimum absolute atomic E-state index is 0.0404. The van der Waals surface area contributed by atoms with Crippen molar-refractivity contribution >= 4 is 40.4 Å². The first-order valence-electron chi connectivity index (χ1n) is 8.33. The summed E-state index contributed by atoms with van der Waals surface area (Å²) in [5, 5.41) is 11.6. The predicted molar refractivity (Wildman–Crippen MR) is 102 cm³/mol. The number of carbonyl (C=O) groups excluding carboxylic acids is 2. The first-order valence-corrected chi connectivity index (χ1v) is 8.33. The van der Waals surface area contributed by atoms with Gasteiger partial charge in [-0.1, -0.05) is 18.2 Å². The van der Waals surface area contributed by atoms with Crippen molar-refractivity contribution in [1.29, 1.82) is 0 Å². The fraction of sp³-hybridized carbons (Fsp3) is 0.0500. The highest BCUT2D eigenvalue weighted by Crippen LogP contribution is 2.25. The molecule has 28 heavy (non-hydrogen) atoms. The maximum Gasteiger partial charge on any atom is 0.363 e. The number of nitrogens with zero attached hydrogens (tertiary/aromatic N) is 3. The summed E-state index contributed by atoms with van der Waals surface area (Å²) >= 11 is 0. The molecule has 0 amide bonds. The molecular weight excluding hydrogens is 362 g/mol. The lowest BCUT2D eigenvalue weighted by Crippen LogP contribution is -2.08. The summed E-state index contributed by atoms with van der Waals surface area (Å²) in [6.45, 7) is 1.44. The predicted octanol–water partition coefficient (Wildman–Crippen LogP) is 3.55. The Hall–Kier alpha value is -4.07. The van der Waals surface area contributed by atoms with E-state index < -0.39 is 10.9 Å². The molecule has 0 fully saturated rings. The van der Waals surface area contributed by atoms with Crippen LogP contribution in [0.2, 0.25) is 0 Å². The molecule has 0 radical (unpaired) electrons. The zero-order valence-corrected chi connectivity index (χ0v) is 14.7. The molecular formula is C20H13N3O5. The van der Waals surface area contributed by atoms with Crippen LogP contribution in [0, 0.1) is 10.1 Å². The quantitative estimate of drug-likeness (QED) is 0.301. The van der Waals surface area contributed by atoms with E-state index in [1.165, 1.54) is 41.8 Å². The molecule has 0 saturated carbocycles. The van der Waals surface area contributed by atoms with Crippen LogP contribution in [0.5, 0.6) is 0 Å². The Balaban J connectivity index is 1.75. The molecule has 0 N–H and O–H groups in total. The average molecular weight is 375 g/mol. The number of ether oxygens (including phenoxy) is 1. The molecule has 2 heterocycles. The Morgan fingerprint density at radius 1 is 1.18 bits per heavy atom.